The molecule has 0 amide bonds. The zero-order valence-corrected chi connectivity index (χ0v) is 30.0. The number of aliphatic hydroxyl groups is 1. The fourth-order valence-corrected chi connectivity index (χ4v) is 10.9. The second kappa shape index (κ2) is 13.7. The van der Waals surface area contributed by atoms with Gasteiger partial charge in [-0.15, -0.1) is 0 Å². The topological polar surface area (TPSA) is 56.2 Å². The summed E-state index contributed by atoms with van der Waals surface area (Å²) in [5, 5.41) is 24.5. The van der Waals surface area contributed by atoms with Crippen molar-refractivity contribution in [3.8, 4) is 11.5 Å². The first-order valence-electron chi connectivity index (χ1n) is 19.9. The molecular weight excluding hydrogens is 629 g/mol. The summed E-state index contributed by atoms with van der Waals surface area (Å²) < 4.78 is 7.11. The van der Waals surface area contributed by atoms with Gasteiger partial charge in [0.15, 0.2) is 11.5 Å². The predicted molar refractivity (Wildman–Crippen MR) is 203 cm³/mol. The van der Waals surface area contributed by atoms with Crippen LogP contribution in [0, 0.1) is 5.92 Å². The predicted octanol–water partition coefficient (Wildman–Crippen LogP) is 8.26. The molecule has 0 unspecified atom stereocenters. The molecule has 4 aromatic carbocycles. The lowest BCUT2D eigenvalue weighted by Crippen LogP contribution is -2.78. The van der Waals surface area contributed by atoms with Crippen LogP contribution >= 0.6 is 0 Å². The van der Waals surface area contributed by atoms with Crippen molar-refractivity contribution < 1.29 is 14.9 Å². The third-order valence-electron chi connectivity index (χ3n) is 13.5. The Morgan fingerprint density at radius 3 is 2.18 bits per heavy atom. The summed E-state index contributed by atoms with van der Waals surface area (Å²) in [5.41, 5.74) is 5.13. The molecule has 1 spiro atoms. The average Bonchev–Trinajstić information content (AvgIpc) is 3.91. The second-order valence-corrected chi connectivity index (χ2v) is 16.4. The lowest BCUT2D eigenvalue weighted by atomic mass is 9.48. The van der Waals surface area contributed by atoms with Crippen molar-refractivity contribution >= 4 is 0 Å². The van der Waals surface area contributed by atoms with Gasteiger partial charge in [0, 0.05) is 36.7 Å². The van der Waals surface area contributed by atoms with E-state index in [1.54, 1.807) is 0 Å². The fraction of sp³-hybridized carbons (Fsp3) is 0.478. The van der Waals surface area contributed by atoms with Crippen molar-refractivity contribution in [2.24, 2.45) is 5.92 Å². The molecule has 5 atom stereocenters. The Morgan fingerprint density at radius 1 is 0.784 bits per heavy atom. The van der Waals surface area contributed by atoms with Crippen molar-refractivity contribution in [2.45, 2.75) is 106 Å². The average molecular weight is 683 g/mol. The Labute approximate surface area is 304 Å². The number of ether oxygens (including phenoxy) is 1. The van der Waals surface area contributed by atoms with Gasteiger partial charge in [0.1, 0.15) is 6.10 Å². The van der Waals surface area contributed by atoms with E-state index in [9.17, 15) is 10.2 Å². The van der Waals surface area contributed by atoms with Crippen LogP contribution in [0.15, 0.2) is 103 Å². The highest BCUT2D eigenvalue weighted by atomic mass is 16.5. The maximum absolute atomic E-state index is 13.2. The number of hydrogen-bond donors (Lipinski definition) is 2. The number of likely N-dealkylation sites (tertiary alicyclic amines) is 1. The van der Waals surface area contributed by atoms with Crippen LogP contribution in [-0.2, 0) is 18.3 Å². The lowest BCUT2D eigenvalue weighted by molar-refractivity contribution is -0.201. The van der Waals surface area contributed by atoms with Crippen LogP contribution in [0.2, 0.25) is 0 Å². The van der Waals surface area contributed by atoms with Crippen molar-refractivity contribution in [3.63, 3.8) is 0 Å². The van der Waals surface area contributed by atoms with Crippen LogP contribution in [0.4, 0.5) is 0 Å². The van der Waals surface area contributed by atoms with E-state index in [0.717, 1.165) is 76.2 Å². The summed E-state index contributed by atoms with van der Waals surface area (Å²) in [6.45, 7) is 3.98. The Morgan fingerprint density at radius 2 is 1.47 bits per heavy atom. The highest BCUT2D eigenvalue weighted by Crippen LogP contribution is 2.66. The standard InChI is InChI=1S/C46H54N2O3/c49-40-24-23-37-30-41-46(50)26-25-39(44-45(46,42(37)43(40)51-44)27-29-48(41)31-34-21-22-34)47(28-13-2-1-6-14-33-15-7-3-8-16-33)32-38(35-17-9-4-10-18-35)36-19-11-5-12-20-36/h3-5,7-12,15-20,23-24,34,38-39,41,44,49-50H,1-2,6,13-14,21-22,25-32H2/t39-,41+,44-,45-,46+/m0/s1. The molecule has 1 saturated heterocycles. The molecule has 2 bridgehead atoms. The van der Waals surface area contributed by atoms with E-state index in [0.29, 0.717) is 5.75 Å². The molecule has 266 valence electrons. The highest BCUT2D eigenvalue weighted by molar-refractivity contribution is 5.62. The van der Waals surface area contributed by atoms with Gasteiger partial charge in [0.05, 0.1) is 11.0 Å². The molecule has 2 aliphatic heterocycles. The van der Waals surface area contributed by atoms with Gasteiger partial charge in [0.25, 0.3) is 0 Å². The van der Waals surface area contributed by atoms with E-state index in [1.807, 2.05) is 6.07 Å². The first kappa shape index (κ1) is 33.2. The van der Waals surface area contributed by atoms with Crippen molar-refractivity contribution in [2.75, 3.05) is 26.2 Å². The molecule has 5 nitrogen and oxygen atoms in total. The smallest absolute Gasteiger partial charge is 0.165 e. The number of nitrogens with zero attached hydrogens (tertiary/aromatic N) is 2. The number of aryl methyl sites for hydroxylation is 1. The van der Waals surface area contributed by atoms with Crippen molar-refractivity contribution in [1.82, 2.24) is 9.80 Å². The first-order valence-corrected chi connectivity index (χ1v) is 19.9. The van der Waals surface area contributed by atoms with Gasteiger partial charge in [-0.2, -0.15) is 0 Å². The minimum Gasteiger partial charge on any atom is -0.504 e. The number of piperidine rings is 1. The minimum atomic E-state index is -0.866. The Kier molecular flexibility index (Phi) is 8.94. The van der Waals surface area contributed by atoms with Crippen LogP contribution in [-0.4, -0.2) is 70.0 Å². The zero-order valence-electron chi connectivity index (χ0n) is 30.0. The molecule has 9 rings (SSSR count). The van der Waals surface area contributed by atoms with Crippen LogP contribution in [0.25, 0.3) is 0 Å². The third kappa shape index (κ3) is 5.90. The van der Waals surface area contributed by atoms with Gasteiger partial charge in [0.2, 0.25) is 0 Å². The first-order chi connectivity index (χ1) is 25.0. The maximum atomic E-state index is 13.2. The highest BCUT2D eigenvalue weighted by Gasteiger charge is 2.73. The lowest BCUT2D eigenvalue weighted by Gasteiger charge is -2.65. The Balaban J connectivity index is 1.04. The summed E-state index contributed by atoms with van der Waals surface area (Å²) in [5.74, 6) is 1.88. The number of phenolic OH excluding ortho intramolecular Hbond substituents is 1. The molecule has 5 heteroatoms. The summed E-state index contributed by atoms with van der Waals surface area (Å²) in [7, 11) is 0. The molecule has 3 fully saturated rings. The number of hydrogen-bond acceptors (Lipinski definition) is 5. The number of unbranched alkanes of at least 4 members (excludes halogenated alkanes) is 3. The van der Waals surface area contributed by atoms with Gasteiger partial charge in [-0.05, 0) is 105 Å². The summed E-state index contributed by atoms with van der Waals surface area (Å²) in [4.78, 5) is 5.39. The van der Waals surface area contributed by atoms with E-state index >= 15 is 0 Å². The normalized spacial score (nSPS) is 27.8. The molecule has 0 aromatic heterocycles. The van der Waals surface area contributed by atoms with Crippen molar-refractivity contribution in [3.05, 3.63) is 131 Å². The summed E-state index contributed by atoms with van der Waals surface area (Å²) in [6, 6.07) is 37.1. The van der Waals surface area contributed by atoms with E-state index in [1.165, 1.54) is 54.4 Å². The molecule has 4 aromatic rings. The second-order valence-electron chi connectivity index (χ2n) is 16.4. The Hall–Kier alpha value is -3.64. The van der Waals surface area contributed by atoms with Gasteiger partial charge < -0.3 is 14.9 Å². The number of rotatable bonds is 14. The zero-order chi connectivity index (χ0) is 34.4. The van der Waals surface area contributed by atoms with Crippen molar-refractivity contribution in [1.29, 1.82) is 0 Å². The molecule has 5 aliphatic rings. The molecule has 3 aliphatic carbocycles. The van der Waals surface area contributed by atoms with Gasteiger partial charge >= 0.3 is 0 Å². The van der Waals surface area contributed by atoms with Gasteiger partial charge in [-0.3, -0.25) is 9.80 Å². The van der Waals surface area contributed by atoms with Gasteiger partial charge in [-0.1, -0.05) is 110 Å². The summed E-state index contributed by atoms with van der Waals surface area (Å²) in [6.07, 6.45) is 11.7. The SMILES string of the molecule is Oc1ccc2c3c1O[C@H]1[C@@H](N(CCCCCCc4ccccc4)CC(c4ccccc4)c4ccccc4)CC[C@@]4(O)[C@@H](C2)N(CC2CC2)CC[C@]314. The maximum Gasteiger partial charge on any atom is 0.165 e. The van der Waals surface area contributed by atoms with E-state index in [2.05, 4.69) is 107 Å². The Bertz CT molecular complexity index is 1760. The van der Waals surface area contributed by atoms with E-state index < -0.39 is 11.0 Å². The molecule has 2 heterocycles. The van der Waals surface area contributed by atoms with Crippen LogP contribution in [0.1, 0.15) is 91.5 Å². The molecular formula is C46H54N2O3. The molecule has 2 saturated carbocycles. The number of benzene rings is 4. The largest absolute Gasteiger partial charge is 0.504 e. The minimum absolute atomic E-state index is 0.0985. The monoisotopic (exact) mass is 682 g/mol. The summed E-state index contributed by atoms with van der Waals surface area (Å²) >= 11 is 0. The number of aromatic hydroxyl groups is 1. The van der Waals surface area contributed by atoms with Gasteiger partial charge in [-0.25, -0.2) is 0 Å². The quantitative estimate of drug-likeness (QED) is 0.131. The van der Waals surface area contributed by atoms with Crippen LogP contribution < -0.4 is 4.74 Å². The van der Waals surface area contributed by atoms with Crippen LogP contribution in [0.5, 0.6) is 11.5 Å². The van der Waals surface area contributed by atoms with Crippen LogP contribution in [0.3, 0.4) is 0 Å². The third-order valence-corrected chi connectivity index (χ3v) is 13.5. The molecule has 0 radical (unpaired) electrons. The van der Waals surface area contributed by atoms with E-state index in [4.69, 9.17) is 4.74 Å². The van der Waals surface area contributed by atoms with E-state index in [-0.39, 0.29) is 29.9 Å². The molecule has 2 N–H and O–H groups in total. The fourth-order valence-electron chi connectivity index (χ4n) is 10.9. The molecule has 51 heavy (non-hydrogen) atoms. The number of phenols is 1.